The minimum Gasteiger partial charge on any atom is -0.473 e. The molecule has 2 aromatic rings. The smallest absolute Gasteiger partial charge is 0.213 e. The van der Waals surface area contributed by atoms with Crippen molar-refractivity contribution in [3.05, 3.63) is 71.7 Å². The summed E-state index contributed by atoms with van der Waals surface area (Å²) >= 11 is 0. The molecule has 5 rings (SSSR count). The second kappa shape index (κ2) is 14.8. The lowest BCUT2D eigenvalue weighted by Crippen LogP contribution is -2.46. The fraction of sp³-hybridized carbons (Fsp3) is 0.531. The number of pyridine rings is 1. The summed E-state index contributed by atoms with van der Waals surface area (Å²) < 4.78 is 31.5. The maximum Gasteiger partial charge on any atom is 0.213 e. The van der Waals surface area contributed by atoms with Gasteiger partial charge in [-0.1, -0.05) is 24.3 Å². The van der Waals surface area contributed by atoms with Gasteiger partial charge in [0, 0.05) is 54.5 Å². The van der Waals surface area contributed by atoms with Crippen LogP contribution in [0.15, 0.2) is 54.0 Å². The molecule has 3 aliphatic rings. The van der Waals surface area contributed by atoms with Gasteiger partial charge >= 0.3 is 0 Å². The number of hydrogen-bond donors (Lipinski definition) is 1. The maximum absolute atomic E-state index is 14.9. The molecule has 0 aliphatic carbocycles. The van der Waals surface area contributed by atoms with E-state index in [0.717, 1.165) is 44.7 Å². The van der Waals surface area contributed by atoms with Crippen LogP contribution in [0.25, 0.3) is 0 Å². The molecule has 0 saturated carbocycles. The van der Waals surface area contributed by atoms with Gasteiger partial charge < -0.3 is 14.2 Å². The second-order valence-electron chi connectivity index (χ2n) is 11.2. The molecule has 1 N–H and O–H groups in total. The first-order chi connectivity index (χ1) is 20.5. The molecule has 3 aliphatic heterocycles. The van der Waals surface area contributed by atoms with Crippen LogP contribution in [0.5, 0.6) is 5.88 Å². The Morgan fingerprint density at radius 3 is 2.64 bits per heavy atom. The summed E-state index contributed by atoms with van der Waals surface area (Å²) in [5, 5.41) is 11.8. The van der Waals surface area contributed by atoms with E-state index in [4.69, 9.17) is 19.2 Å². The molecule has 1 atom stereocenters. The molecule has 0 radical (unpaired) electrons. The number of ether oxygens (including phenoxy) is 3. The van der Waals surface area contributed by atoms with Crippen molar-refractivity contribution in [1.29, 1.82) is 0 Å². The summed E-state index contributed by atoms with van der Waals surface area (Å²) in [6.45, 7) is 8.79. The number of hydroxylamine groups is 2. The zero-order valence-electron chi connectivity index (χ0n) is 24.1. The Kier molecular flexibility index (Phi) is 10.7. The van der Waals surface area contributed by atoms with E-state index in [1.165, 1.54) is 11.1 Å². The highest BCUT2D eigenvalue weighted by Crippen LogP contribution is 2.28. The zero-order valence-corrected chi connectivity index (χ0v) is 24.1. The molecule has 42 heavy (non-hydrogen) atoms. The highest BCUT2D eigenvalue weighted by atomic mass is 19.1. The van der Waals surface area contributed by atoms with Crippen molar-refractivity contribution < 1.29 is 28.6 Å². The van der Waals surface area contributed by atoms with Gasteiger partial charge in [0.05, 0.1) is 25.7 Å². The first-order valence-corrected chi connectivity index (χ1v) is 14.9. The van der Waals surface area contributed by atoms with Crippen LogP contribution in [0.1, 0.15) is 59.6 Å². The number of benzene rings is 1. The van der Waals surface area contributed by atoms with Crippen LogP contribution >= 0.6 is 0 Å². The third-order valence-corrected chi connectivity index (χ3v) is 8.29. The van der Waals surface area contributed by atoms with E-state index in [1.807, 2.05) is 12.1 Å². The van der Waals surface area contributed by atoms with Crippen molar-refractivity contribution >= 4 is 11.6 Å². The minimum atomic E-state index is -0.450. The number of carbonyl (C=O) groups is 1. The van der Waals surface area contributed by atoms with E-state index >= 15 is 0 Å². The number of aliphatic imine (C=N–C) groups is 1. The Bertz CT molecular complexity index is 1240. The van der Waals surface area contributed by atoms with Gasteiger partial charge in [0.15, 0.2) is 5.78 Å². The van der Waals surface area contributed by atoms with Gasteiger partial charge in [-0.25, -0.2) is 14.4 Å². The largest absolute Gasteiger partial charge is 0.473 e. The highest BCUT2D eigenvalue weighted by Gasteiger charge is 2.27. The van der Waals surface area contributed by atoms with Gasteiger partial charge in [-0.3, -0.25) is 19.9 Å². The lowest BCUT2D eigenvalue weighted by molar-refractivity contribution is -0.114. The number of halogens is 1. The van der Waals surface area contributed by atoms with Gasteiger partial charge in [-0.2, -0.15) is 0 Å². The molecule has 0 spiro atoms. The first-order valence-electron chi connectivity index (χ1n) is 14.9. The van der Waals surface area contributed by atoms with Crippen LogP contribution in [-0.2, 0) is 16.1 Å². The standard InChI is InChI=1S/C32H41FN4O5/c1-2-13-34-30(37(39)20-27-12-18-41-27)21-36-14-8-23(9-15-36)29-4-3-5-31(35-29)42-22-26-7-6-25(19-28(26)33)32(38)24-10-16-40-17-11-24/h2-7,19,23-24,27,39H,1,8-18,20-22H2/t27-/m0/s1. The number of aromatic nitrogens is 1. The molecule has 10 heteroatoms. The molecular formula is C32H41FN4O5. The fourth-order valence-electron chi connectivity index (χ4n) is 5.60. The number of nitrogens with zero attached hydrogens (tertiary/aromatic N) is 4. The van der Waals surface area contributed by atoms with Crippen LogP contribution in [0, 0.1) is 11.7 Å². The SMILES string of the molecule is C=CCN=C(CN1CCC(c2cccc(OCc3ccc(C(=O)C4CCOCC4)cc3F)n2)CC1)N(O)C[C@@H]1CCO1. The van der Waals surface area contributed by atoms with E-state index in [1.54, 1.807) is 24.3 Å². The fourth-order valence-corrected chi connectivity index (χ4v) is 5.60. The number of hydrogen-bond acceptors (Lipinski definition) is 8. The number of piperidine rings is 1. The van der Waals surface area contributed by atoms with Crippen molar-refractivity contribution in [2.45, 2.75) is 50.7 Å². The predicted molar refractivity (Wildman–Crippen MR) is 157 cm³/mol. The van der Waals surface area contributed by atoms with Crippen LogP contribution in [0.2, 0.25) is 0 Å². The van der Waals surface area contributed by atoms with Gasteiger partial charge in [0.25, 0.3) is 0 Å². The summed E-state index contributed by atoms with van der Waals surface area (Å²) in [6, 6.07) is 10.3. The van der Waals surface area contributed by atoms with Crippen molar-refractivity contribution in [3.8, 4) is 5.88 Å². The lowest BCUT2D eigenvalue weighted by Gasteiger charge is -2.35. The third-order valence-electron chi connectivity index (χ3n) is 8.29. The lowest BCUT2D eigenvalue weighted by atomic mass is 9.90. The zero-order chi connectivity index (χ0) is 29.3. The Morgan fingerprint density at radius 1 is 1.17 bits per heavy atom. The molecule has 3 saturated heterocycles. The van der Waals surface area contributed by atoms with Crippen LogP contribution < -0.4 is 4.74 Å². The second-order valence-corrected chi connectivity index (χ2v) is 11.2. The monoisotopic (exact) mass is 580 g/mol. The van der Waals surface area contributed by atoms with E-state index in [2.05, 4.69) is 16.5 Å². The van der Waals surface area contributed by atoms with Gasteiger partial charge in [-0.15, -0.1) is 6.58 Å². The van der Waals surface area contributed by atoms with E-state index in [0.29, 0.717) is 68.5 Å². The molecule has 4 heterocycles. The summed E-state index contributed by atoms with van der Waals surface area (Å²) in [5.74, 6) is 0.772. The third kappa shape index (κ3) is 8.01. The first kappa shape index (κ1) is 30.3. The molecule has 226 valence electrons. The van der Waals surface area contributed by atoms with E-state index in [-0.39, 0.29) is 30.3 Å². The number of carbonyl (C=O) groups excluding carboxylic acids is 1. The molecule has 3 fully saturated rings. The van der Waals surface area contributed by atoms with E-state index < -0.39 is 5.82 Å². The molecule has 0 unspecified atom stereocenters. The van der Waals surface area contributed by atoms with Crippen LogP contribution in [0.4, 0.5) is 4.39 Å². The molecule has 1 aromatic heterocycles. The van der Waals surface area contributed by atoms with Crippen molar-refractivity contribution in [2.75, 3.05) is 52.5 Å². The average molecular weight is 581 g/mol. The number of likely N-dealkylation sites (tertiary alicyclic amines) is 1. The number of rotatable bonds is 12. The molecule has 1 aromatic carbocycles. The summed E-state index contributed by atoms with van der Waals surface area (Å²) in [4.78, 5) is 24.3. The molecule has 0 amide bonds. The highest BCUT2D eigenvalue weighted by molar-refractivity contribution is 5.98. The van der Waals surface area contributed by atoms with Gasteiger partial charge in [0.1, 0.15) is 18.3 Å². The van der Waals surface area contributed by atoms with Crippen molar-refractivity contribution in [2.24, 2.45) is 10.9 Å². The normalized spacial score (nSPS) is 20.6. The molecule has 0 bridgehead atoms. The Labute approximate surface area is 246 Å². The van der Waals surface area contributed by atoms with Gasteiger partial charge in [0.2, 0.25) is 5.88 Å². The van der Waals surface area contributed by atoms with E-state index in [9.17, 15) is 14.4 Å². The summed E-state index contributed by atoms with van der Waals surface area (Å²) in [6.07, 6.45) is 5.91. The molecule has 9 nitrogen and oxygen atoms in total. The number of ketones is 1. The Hall–Kier alpha value is -3.18. The average Bonchev–Trinajstić information content (AvgIpc) is 3.00. The quantitative estimate of drug-likeness (QED) is 0.127. The Balaban J connectivity index is 1.12. The minimum absolute atomic E-state index is 0.0256. The summed E-state index contributed by atoms with van der Waals surface area (Å²) in [5.41, 5.74) is 1.74. The van der Waals surface area contributed by atoms with Gasteiger partial charge in [-0.05, 0) is 57.3 Å². The number of amidine groups is 1. The van der Waals surface area contributed by atoms with Crippen LogP contribution in [0.3, 0.4) is 0 Å². The summed E-state index contributed by atoms with van der Waals surface area (Å²) in [7, 11) is 0. The van der Waals surface area contributed by atoms with Crippen molar-refractivity contribution in [1.82, 2.24) is 14.9 Å². The maximum atomic E-state index is 14.9. The predicted octanol–water partition coefficient (Wildman–Crippen LogP) is 4.65. The topological polar surface area (TPSA) is 96.7 Å². The van der Waals surface area contributed by atoms with Crippen LogP contribution in [-0.4, -0.2) is 90.4 Å². The number of Topliss-reactive ketones (excluding diaryl/α,β-unsaturated/α-hetero) is 1. The molecular weight excluding hydrogens is 539 g/mol. The van der Waals surface area contributed by atoms with Crippen molar-refractivity contribution in [3.63, 3.8) is 0 Å². The Morgan fingerprint density at radius 2 is 1.95 bits per heavy atom.